The maximum atomic E-state index is 12.5. The zero-order valence-electron chi connectivity index (χ0n) is 36.8. The van der Waals surface area contributed by atoms with Crippen LogP contribution in [0.5, 0.6) is 5.75 Å². The molecule has 0 spiro atoms. The van der Waals surface area contributed by atoms with Gasteiger partial charge in [-0.05, 0) is 119 Å². The van der Waals surface area contributed by atoms with Gasteiger partial charge >= 0.3 is 11.9 Å². The highest BCUT2D eigenvalue weighted by molar-refractivity contribution is 6.33. The average Bonchev–Trinajstić information content (AvgIpc) is 3.26. The van der Waals surface area contributed by atoms with E-state index in [2.05, 4.69) is 42.0 Å². The molecule has 61 heavy (non-hydrogen) atoms. The molecule has 0 aliphatic heterocycles. The van der Waals surface area contributed by atoms with Crippen molar-refractivity contribution in [2.75, 3.05) is 37.8 Å². The molecule has 0 amide bonds. The van der Waals surface area contributed by atoms with E-state index in [1.807, 2.05) is 89.2 Å². The third-order valence-electron chi connectivity index (χ3n) is 10.9. The number of hydrogen-bond donors (Lipinski definition) is 0. The molecule has 0 aliphatic rings. The molecule has 0 radical (unpaired) electrons. The van der Waals surface area contributed by atoms with Gasteiger partial charge in [-0.15, -0.1) is 5.11 Å². The number of nitro benzene ring substituents is 1. The van der Waals surface area contributed by atoms with Crippen LogP contribution >= 0.6 is 11.6 Å². The average molecular weight is 854 g/mol. The van der Waals surface area contributed by atoms with Gasteiger partial charge in [-0.2, -0.15) is 10.4 Å². The zero-order valence-corrected chi connectivity index (χ0v) is 37.6. The summed E-state index contributed by atoms with van der Waals surface area (Å²) in [5.41, 5.74) is 4.74. The van der Waals surface area contributed by atoms with Crippen LogP contribution in [0.4, 0.5) is 22.7 Å². The number of carbonyl (C=O) groups excluding carboxylic acids is 2. The van der Waals surface area contributed by atoms with Crippen LogP contribution in [0.2, 0.25) is 5.02 Å². The van der Waals surface area contributed by atoms with Crippen LogP contribution in [-0.4, -0.2) is 49.8 Å². The second-order valence-electron chi connectivity index (χ2n) is 15.3. The number of ether oxygens (including phenoxy) is 3. The molecule has 2 atom stereocenters. The predicted octanol–water partition coefficient (Wildman–Crippen LogP) is 12.9. The number of esters is 2. The number of likely N-dealkylation sites (N-methyl/N-ethyl adjacent to an activating group) is 1. The molecule has 0 N–H and O–H groups in total. The van der Waals surface area contributed by atoms with E-state index in [0.29, 0.717) is 36.7 Å². The molecule has 4 aromatic carbocycles. The number of azo groups is 1. The monoisotopic (exact) mass is 853 g/mol. The Hall–Kier alpha value is -5.80. The number of aryl methyl sites for hydroxylation is 1. The van der Waals surface area contributed by atoms with Crippen molar-refractivity contribution in [3.8, 4) is 22.9 Å². The van der Waals surface area contributed by atoms with Crippen molar-refractivity contribution >= 4 is 46.3 Å². The summed E-state index contributed by atoms with van der Waals surface area (Å²) < 4.78 is 16.7. The molecule has 0 saturated heterocycles. The fourth-order valence-corrected chi connectivity index (χ4v) is 6.75. The van der Waals surface area contributed by atoms with Gasteiger partial charge in [-0.3, -0.25) is 19.7 Å². The van der Waals surface area contributed by atoms with Crippen LogP contribution in [0.1, 0.15) is 98.1 Å². The largest absolute Gasteiger partial charge is 0.490 e. The van der Waals surface area contributed by atoms with Crippen LogP contribution in [0, 0.1) is 39.2 Å². The molecule has 0 aliphatic carbocycles. The van der Waals surface area contributed by atoms with E-state index >= 15 is 0 Å². The van der Waals surface area contributed by atoms with E-state index in [0.717, 1.165) is 73.2 Å². The van der Waals surface area contributed by atoms with Gasteiger partial charge in [0, 0.05) is 24.4 Å². The number of halogens is 1. The zero-order chi connectivity index (χ0) is 45.0. The van der Waals surface area contributed by atoms with Gasteiger partial charge in [-0.25, -0.2) is 0 Å². The lowest BCUT2D eigenvalue weighted by atomic mass is 9.83. The lowest BCUT2D eigenvalue weighted by Crippen LogP contribution is -2.33. The summed E-state index contributed by atoms with van der Waals surface area (Å²) in [4.78, 5) is 37.3. The highest BCUT2D eigenvalue weighted by atomic mass is 35.5. The Labute approximate surface area is 366 Å². The van der Waals surface area contributed by atoms with Gasteiger partial charge in [0.2, 0.25) is 0 Å². The Morgan fingerprint density at radius 2 is 1.31 bits per heavy atom. The number of benzene rings is 4. The molecular formula is C48H60ClN5O7. The number of nitriles is 1. The molecular weight excluding hydrogens is 794 g/mol. The van der Waals surface area contributed by atoms with Gasteiger partial charge in [-0.1, -0.05) is 76.4 Å². The van der Waals surface area contributed by atoms with E-state index in [1.54, 1.807) is 12.1 Å². The normalized spacial score (nSPS) is 12.9. The lowest BCUT2D eigenvalue weighted by Gasteiger charge is -2.27. The van der Waals surface area contributed by atoms with E-state index < -0.39 is 15.8 Å². The molecule has 12 nitrogen and oxygen atoms in total. The Bertz CT molecular complexity index is 2120. The fraction of sp³-hybridized carbons (Fsp3) is 0.438. The number of nitro groups is 1. The minimum absolute atomic E-state index is 0.0977. The number of anilines is 1. The Morgan fingerprint density at radius 3 is 1.80 bits per heavy atom. The first-order valence-corrected chi connectivity index (χ1v) is 21.3. The van der Waals surface area contributed by atoms with E-state index in [-0.39, 0.29) is 29.3 Å². The molecule has 0 saturated carbocycles. The Balaban J connectivity index is 0.000000334. The molecule has 2 unspecified atom stereocenters. The van der Waals surface area contributed by atoms with Crippen molar-refractivity contribution in [2.24, 2.45) is 21.1 Å². The van der Waals surface area contributed by atoms with Gasteiger partial charge in [0.05, 0.1) is 44.6 Å². The number of nitrogens with zero attached hydrogens (tertiary/aromatic N) is 5. The lowest BCUT2D eigenvalue weighted by molar-refractivity contribution is -0.384. The van der Waals surface area contributed by atoms with Crippen molar-refractivity contribution in [2.45, 2.75) is 93.9 Å². The highest BCUT2D eigenvalue weighted by Crippen LogP contribution is 2.33. The summed E-state index contributed by atoms with van der Waals surface area (Å²) in [6.07, 6.45) is 5.09. The molecule has 326 valence electrons. The predicted molar refractivity (Wildman–Crippen MR) is 242 cm³/mol. The van der Waals surface area contributed by atoms with Crippen molar-refractivity contribution < 1.29 is 28.7 Å². The Kier molecular flexibility index (Phi) is 19.9. The van der Waals surface area contributed by atoms with Crippen LogP contribution in [0.15, 0.2) is 95.2 Å². The van der Waals surface area contributed by atoms with Crippen molar-refractivity contribution in [3.05, 3.63) is 111 Å². The minimum atomic E-state index is -0.510. The molecule has 0 heterocycles. The molecule has 4 aromatic rings. The first-order valence-electron chi connectivity index (χ1n) is 21.0. The van der Waals surface area contributed by atoms with Crippen LogP contribution in [0.3, 0.4) is 0 Å². The van der Waals surface area contributed by atoms with Gasteiger partial charge in [0.1, 0.15) is 31.3 Å². The van der Waals surface area contributed by atoms with Gasteiger partial charge < -0.3 is 19.1 Å². The van der Waals surface area contributed by atoms with Gasteiger partial charge in [0.25, 0.3) is 5.69 Å². The summed E-state index contributed by atoms with van der Waals surface area (Å²) in [6, 6.07) is 27.2. The quantitative estimate of drug-likeness (QED) is 0.0261. The second-order valence-corrected chi connectivity index (χ2v) is 15.7. The smallest absolute Gasteiger partial charge is 0.311 e. The Morgan fingerprint density at radius 1 is 0.770 bits per heavy atom. The number of non-ortho nitro benzene ring substituents is 1. The van der Waals surface area contributed by atoms with E-state index in [9.17, 15) is 19.7 Å². The first kappa shape index (κ1) is 49.6. The van der Waals surface area contributed by atoms with Gasteiger partial charge in [0.15, 0.2) is 0 Å². The van der Waals surface area contributed by atoms with Crippen LogP contribution in [0.25, 0.3) is 11.1 Å². The first-order chi connectivity index (χ1) is 29.2. The summed E-state index contributed by atoms with van der Waals surface area (Å²) in [5, 5.41) is 28.3. The van der Waals surface area contributed by atoms with E-state index in [1.165, 1.54) is 18.2 Å². The fourth-order valence-electron chi connectivity index (χ4n) is 6.54. The maximum absolute atomic E-state index is 12.5. The molecule has 0 aromatic heterocycles. The van der Waals surface area contributed by atoms with Crippen molar-refractivity contribution in [3.63, 3.8) is 0 Å². The third-order valence-corrected chi connectivity index (χ3v) is 11.2. The number of carbonyl (C=O) groups is 2. The second kappa shape index (κ2) is 24.5. The van der Waals surface area contributed by atoms with Crippen LogP contribution < -0.4 is 9.64 Å². The standard InChI is InChI=1S/C25H33ClN4O4.C23H27NO3/c1-6-13-25(5,7-2)24(31)34-15-14-29(8-3)19-9-11-22(18(4)16-19)27-28-23-12-10-20(30(32)33)17-21(23)26;1-4-14-23(3,5-2)22(25)27-16-15-26-21-12-10-20(11-13-21)19-8-6-18(17-24)7-9-19/h9-12,16-17H,6-8,13-15H2,1-5H3;6-13H,4-5,14-16H2,1-3H3. The summed E-state index contributed by atoms with van der Waals surface area (Å²) >= 11 is 6.09. The maximum Gasteiger partial charge on any atom is 0.311 e. The van der Waals surface area contributed by atoms with E-state index in [4.69, 9.17) is 31.1 Å². The van der Waals surface area contributed by atoms with Crippen molar-refractivity contribution in [1.82, 2.24) is 0 Å². The molecule has 0 fully saturated rings. The third kappa shape index (κ3) is 14.7. The molecule has 0 bridgehead atoms. The highest BCUT2D eigenvalue weighted by Gasteiger charge is 2.32. The number of rotatable bonds is 21. The SMILES string of the molecule is CCCC(C)(CC)C(=O)OCCN(CC)c1ccc(N=Nc2ccc([N+](=O)[O-])cc2Cl)c(C)c1.CCCC(C)(CC)C(=O)OCCOc1ccc(-c2ccc(C#N)cc2)cc1. The molecule has 13 heteroatoms. The van der Waals surface area contributed by atoms with Crippen molar-refractivity contribution in [1.29, 1.82) is 5.26 Å². The summed E-state index contributed by atoms with van der Waals surface area (Å²) in [7, 11) is 0. The summed E-state index contributed by atoms with van der Waals surface area (Å²) in [5.74, 6) is 0.451. The minimum Gasteiger partial charge on any atom is -0.490 e. The number of hydrogen-bond acceptors (Lipinski definition) is 11. The summed E-state index contributed by atoms with van der Waals surface area (Å²) in [6.45, 7) is 18.3. The van der Waals surface area contributed by atoms with Crippen LogP contribution in [-0.2, 0) is 19.1 Å². The molecule has 4 rings (SSSR count). The topological polar surface area (TPSA) is 157 Å².